The monoisotopic (exact) mass is 435 g/mol. The minimum atomic E-state index is -1.08. The van der Waals surface area contributed by atoms with E-state index in [1.54, 1.807) is 25.1 Å². The van der Waals surface area contributed by atoms with Crippen LogP contribution in [-0.4, -0.2) is 23.0 Å². The Morgan fingerprint density at radius 1 is 0.969 bits per heavy atom. The van der Waals surface area contributed by atoms with Crippen LogP contribution in [0.15, 0.2) is 48.5 Å². The van der Waals surface area contributed by atoms with E-state index >= 15 is 0 Å². The van der Waals surface area contributed by atoms with Gasteiger partial charge in [-0.1, -0.05) is 12.1 Å². The molecule has 3 aromatic rings. The fourth-order valence-electron chi connectivity index (χ4n) is 3.55. The highest BCUT2D eigenvalue weighted by molar-refractivity contribution is 6.04. The quantitative estimate of drug-likeness (QED) is 0.448. The van der Waals surface area contributed by atoms with E-state index in [-0.39, 0.29) is 28.7 Å². The van der Waals surface area contributed by atoms with Crippen molar-refractivity contribution >= 4 is 29.2 Å². The first-order valence-electron chi connectivity index (χ1n) is 9.64. The van der Waals surface area contributed by atoms with Crippen LogP contribution < -0.4 is 14.4 Å². The number of benzene rings is 3. The number of rotatable bonds is 3. The van der Waals surface area contributed by atoms with Gasteiger partial charge in [0.25, 0.3) is 0 Å². The number of aromatic carboxylic acids is 1. The van der Waals surface area contributed by atoms with Crippen LogP contribution in [0.1, 0.15) is 29.8 Å². The molecule has 1 amide bonds. The Morgan fingerprint density at radius 3 is 2.19 bits per heavy atom. The maximum Gasteiger partial charge on any atom is 0.335 e. The number of carboxylic acids is 1. The topological polar surface area (TPSA) is 93.1 Å². The van der Waals surface area contributed by atoms with Gasteiger partial charge in [0, 0.05) is 31.5 Å². The Bertz CT molecular complexity index is 1280. The molecule has 0 unspecified atom stereocenters. The van der Waals surface area contributed by atoms with E-state index in [0.717, 1.165) is 0 Å². The van der Waals surface area contributed by atoms with Crippen LogP contribution in [0.25, 0.3) is 11.1 Å². The van der Waals surface area contributed by atoms with Crippen LogP contribution in [0, 0.1) is 12.7 Å². The Hall–Kier alpha value is -4.20. The molecule has 162 valence electrons. The molecule has 1 N–H and O–H groups in total. The molecule has 0 aromatic heterocycles. The summed E-state index contributed by atoms with van der Waals surface area (Å²) < 4.78 is 25.6. The molecule has 32 heavy (non-hydrogen) atoms. The molecular weight excluding hydrogens is 417 g/mol. The maximum absolute atomic E-state index is 14.3. The molecule has 8 heteroatoms. The summed E-state index contributed by atoms with van der Waals surface area (Å²) in [5.74, 6) is -1.78. The van der Waals surface area contributed by atoms with Crippen molar-refractivity contribution in [3.8, 4) is 28.4 Å². The highest BCUT2D eigenvalue weighted by Crippen LogP contribution is 2.51. The van der Waals surface area contributed by atoms with E-state index in [4.69, 9.17) is 14.6 Å². The number of ether oxygens (including phenoxy) is 2. The predicted octanol–water partition coefficient (Wildman–Crippen LogP) is 5.21. The van der Waals surface area contributed by atoms with Crippen molar-refractivity contribution in [2.24, 2.45) is 0 Å². The largest absolute Gasteiger partial charge is 0.478 e. The Balaban J connectivity index is 1.93. The molecular formula is C24H18FNO6. The van der Waals surface area contributed by atoms with Crippen LogP contribution in [0.4, 0.5) is 15.8 Å². The minimum absolute atomic E-state index is 0.0919. The highest BCUT2D eigenvalue weighted by atomic mass is 19.1. The van der Waals surface area contributed by atoms with Crippen molar-refractivity contribution in [3.63, 3.8) is 0 Å². The van der Waals surface area contributed by atoms with Gasteiger partial charge in [0.2, 0.25) is 5.91 Å². The number of carboxylic acid groups (broad SMARTS) is 1. The van der Waals surface area contributed by atoms with E-state index in [9.17, 15) is 18.8 Å². The average molecular weight is 435 g/mol. The van der Waals surface area contributed by atoms with E-state index in [2.05, 4.69) is 0 Å². The van der Waals surface area contributed by atoms with E-state index in [0.29, 0.717) is 28.1 Å². The third-order valence-electron chi connectivity index (χ3n) is 5.01. The Kier molecular flexibility index (Phi) is 5.14. The Labute approximate surface area is 182 Å². The molecule has 0 atom stereocenters. The summed E-state index contributed by atoms with van der Waals surface area (Å²) in [5.41, 5.74) is 2.02. The molecule has 0 radical (unpaired) electrons. The predicted molar refractivity (Wildman–Crippen MR) is 114 cm³/mol. The van der Waals surface area contributed by atoms with Crippen molar-refractivity contribution in [1.82, 2.24) is 0 Å². The van der Waals surface area contributed by atoms with Crippen molar-refractivity contribution < 1.29 is 33.4 Å². The van der Waals surface area contributed by atoms with Crippen LogP contribution in [-0.2, 0) is 9.59 Å². The molecule has 1 aliphatic rings. The second-order valence-corrected chi connectivity index (χ2v) is 7.32. The number of esters is 1. The van der Waals surface area contributed by atoms with Gasteiger partial charge in [-0.15, -0.1) is 0 Å². The van der Waals surface area contributed by atoms with Crippen molar-refractivity contribution in [3.05, 3.63) is 65.5 Å². The lowest BCUT2D eigenvalue weighted by Gasteiger charge is -2.31. The molecule has 0 saturated carbocycles. The van der Waals surface area contributed by atoms with Crippen LogP contribution in [0.3, 0.4) is 0 Å². The first-order chi connectivity index (χ1) is 15.2. The number of nitrogens with zero attached hydrogens (tertiary/aromatic N) is 1. The molecule has 0 fully saturated rings. The fourth-order valence-corrected chi connectivity index (χ4v) is 3.55. The van der Waals surface area contributed by atoms with Gasteiger partial charge < -0.3 is 14.6 Å². The van der Waals surface area contributed by atoms with Crippen LogP contribution in [0.2, 0.25) is 0 Å². The molecule has 1 aliphatic heterocycles. The molecule has 0 saturated heterocycles. The lowest BCUT2D eigenvalue weighted by atomic mass is 10.00. The second-order valence-electron chi connectivity index (χ2n) is 7.32. The normalized spacial score (nSPS) is 11.8. The number of halogens is 1. The number of carbonyl (C=O) groups excluding carboxylic acids is 2. The van der Waals surface area contributed by atoms with Crippen molar-refractivity contribution in [2.45, 2.75) is 20.8 Å². The van der Waals surface area contributed by atoms with Gasteiger partial charge in [-0.2, -0.15) is 0 Å². The second kappa shape index (κ2) is 7.81. The lowest BCUT2D eigenvalue weighted by molar-refractivity contribution is -0.131. The minimum Gasteiger partial charge on any atom is -0.478 e. The average Bonchev–Trinajstić information content (AvgIpc) is 2.72. The molecule has 7 nitrogen and oxygen atoms in total. The molecule has 0 bridgehead atoms. The number of fused-ring (bicyclic) bond motifs is 2. The van der Waals surface area contributed by atoms with Gasteiger partial charge in [-0.05, 0) is 42.3 Å². The lowest BCUT2D eigenvalue weighted by Crippen LogP contribution is -2.26. The molecule has 1 heterocycles. The molecule has 0 aliphatic carbocycles. The number of carbonyl (C=O) groups is 3. The summed E-state index contributed by atoms with van der Waals surface area (Å²) in [4.78, 5) is 36.8. The summed E-state index contributed by atoms with van der Waals surface area (Å²) in [6.07, 6.45) is 0. The summed E-state index contributed by atoms with van der Waals surface area (Å²) in [7, 11) is 0. The van der Waals surface area contributed by atoms with Gasteiger partial charge in [0.1, 0.15) is 11.6 Å². The van der Waals surface area contributed by atoms with Gasteiger partial charge in [-0.25, -0.2) is 9.18 Å². The molecule has 0 spiro atoms. The smallest absolute Gasteiger partial charge is 0.335 e. The highest BCUT2D eigenvalue weighted by Gasteiger charge is 2.30. The Morgan fingerprint density at radius 2 is 1.59 bits per heavy atom. The van der Waals surface area contributed by atoms with Gasteiger partial charge in [0.15, 0.2) is 11.5 Å². The van der Waals surface area contributed by atoms with Gasteiger partial charge in [0.05, 0.1) is 16.9 Å². The number of hydrogen-bond acceptors (Lipinski definition) is 5. The van der Waals surface area contributed by atoms with E-state index in [1.165, 1.54) is 49.1 Å². The third kappa shape index (κ3) is 3.66. The number of amides is 1. The summed E-state index contributed by atoms with van der Waals surface area (Å²) in [5, 5.41) is 9.15. The van der Waals surface area contributed by atoms with Crippen LogP contribution >= 0.6 is 0 Å². The molecule has 3 aromatic carbocycles. The summed E-state index contributed by atoms with van der Waals surface area (Å²) in [6.45, 7) is 4.18. The summed E-state index contributed by atoms with van der Waals surface area (Å²) in [6, 6.07) is 11.8. The summed E-state index contributed by atoms with van der Waals surface area (Å²) >= 11 is 0. The number of aryl methyl sites for hydroxylation is 1. The standard InChI is InChI=1S/C24H18FNO6/c1-12-8-22-20(10-18(12)25)26(13(2)27)19-9-17(15-4-6-16(7-5-15)24(29)30)21(31-14(3)28)11-23(19)32-22/h4-11H,1-3H3,(H,29,30). The van der Waals surface area contributed by atoms with Crippen molar-refractivity contribution in [1.29, 1.82) is 0 Å². The zero-order valence-corrected chi connectivity index (χ0v) is 17.4. The first-order valence-corrected chi connectivity index (χ1v) is 9.64. The van der Waals surface area contributed by atoms with Crippen molar-refractivity contribution in [2.75, 3.05) is 4.90 Å². The third-order valence-corrected chi connectivity index (χ3v) is 5.01. The first kappa shape index (κ1) is 21.0. The van der Waals surface area contributed by atoms with Gasteiger partial charge >= 0.3 is 11.9 Å². The zero-order valence-electron chi connectivity index (χ0n) is 17.4. The molecule has 4 rings (SSSR count). The SMILES string of the molecule is CC(=O)Oc1cc2c(cc1-c1ccc(C(=O)O)cc1)N(C(C)=O)c1cc(F)c(C)cc1O2. The van der Waals surface area contributed by atoms with Crippen LogP contribution in [0.5, 0.6) is 17.2 Å². The zero-order chi connectivity index (χ0) is 23.2. The number of hydrogen-bond donors (Lipinski definition) is 1. The number of anilines is 2. The van der Waals surface area contributed by atoms with Gasteiger partial charge in [-0.3, -0.25) is 14.5 Å². The van der Waals surface area contributed by atoms with E-state index < -0.39 is 17.8 Å². The van der Waals surface area contributed by atoms with E-state index in [1.807, 2.05) is 0 Å². The fraction of sp³-hybridized carbons (Fsp3) is 0.125. The maximum atomic E-state index is 14.3.